The second-order valence-electron chi connectivity index (χ2n) is 10.7. The van der Waals surface area contributed by atoms with Crippen molar-refractivity contribution >= 4 is 0 Å². The van der Waals surface area contributed by atoms with E-state index >= 15 is 0 Å². The van der Waals surface area contributed by atoms with Gasteiger partial charge >= 0.3 is 0 Å². The lowest BCUT2D eigenvalue weighted by Gasteiger charge is -2.55. The Bertz CT molecular complexity index is 421. The Hall–Kier alpha value is -0.260. The molecule has 148 valence electrons. The average Bonchev–Trinajstić information content (AvgIpc) is 2.54. The van der Waals surface area contributed by atoms with Crippen molar-refractivity contribution in [2.75, 3.05) is 0 Å². The molecule has 0 N–H and O–H groups in total. The molecule has 0 radical (unpaired) electrons. The summed E-state index contributed by atoms with van der Waals surface area (Å²) in [6.07, 6.45) is 14.8. The first kappa shape index (κ1) is 22.8. The van der Waals surface area contributed by atoms with Gasteiger partial charge in [-0.3, -0.25) is 0 Å². The van der Waals surface area contributed by atoms with E-state index in [1.807, 2.05) is 0 Å². The highest BCUT2D eigenvalue weighted by atomic mass is 14.5. The zero-order chi connectivity index (χ0) is 19.3. The molecule has 2 unspecified atom stereocenters. The monoisotopic (exact) mass is 348 g/mol. The summed E-state index contributed by atoms with van der Waals surface area (Å²) < 4.78 is 0. The Balaban J connectivity index is 3.07. The lowest BCUT2D eigenvalue weighted by Crippen LogP contribution is -2.48. The molecule has 0 bridgehead atoms. The third-order valence-corrected chi connectivity index (χ3v) is 8.43. The molecule has 0 heteroatoms. The van der Waals surface area contributed by atoms with Gasteiger partial charge in [0.2, 0.25) is 0 Å². The van der Waals surface area contributed by atoms with Crippen molar-refractivity contribution in [3.8, 4) is 0 Å². The van der Waals surface area contributed by atoms with Gasteiger partial charge in [0.1, 0.15) is 0 Å². The molecule has 0 aliphatic heterocycles. The molecule has 0 spiro atoms. The van der Waals surface area contributed by atoms with Gasteiger partial charge in [-0.15, -0.1) is 0 Å². The lowest BCUT2D eigenvalue weighted by atomic mass is 9.49. The molecule has 0 saturated heterocycles. The van der Waals surface area contributed by atoms with Gasteiger partial charge in [-0.05, 0) is 60.7 Å². The summed E-state index contributed by atoms with van der Waals surface area (Å²) in [7, 11) is 0. The van der Waals surface area contributed by atoms with E-state index in [9.17, 15) is 0 Å². The van der Waals surface area contributed by atoms with Gasteiger partial charge in [-0.25, -0.2) is 0 Å². The van der Waals surface area contributed by atoms with Gasteiger partial charge < -0.3 is 0 Å². The van der Waals surface area contributed by atoms with Crippen molar-refractivity contribution < 1.29 is 0 Å². The first-order valence-corrected chi connectivity index (χ1v) is 11.2. The Labute approximate surface area is 160 Å². The van der Waals surface area contributed by atoms with Gasteiger partial charge in [0.15, 0.2) is 0 Å². The Morgan fingerprint density at radius 3 is 2.12 bits per heavy atom. The molecule has 0 aromatic carbocycles. The molecule has 0 amide bonds. The third-order valence-electron chi connectivity index (χ3n) is 8.43. The molecule has 1 aliphatic rings. The minimum absolute atomic E-state index is 0.369. The van der Waals surface area contributed by atoms with Crippen molar-refractivity contribution in [1.82, 2.24) is 0 Å². The van der Waals surface area contributed by atoms with E-state index in [4.69, 9.17) is 0 Å². The summed E-state index contributed by atoms with van der Waals surface area (Å²) in [5.74, 6) is 1.64. The van der Waals surface area contributed by atoms with E-state index in [1.54, 1.807) is 5.57 Å². The van der Waals surface area contributed by atoms with Crippen molar-refractivity contribution in [3.05, 3.63) is 11.6 Å². The third kappa shape index (κ3) is 5.36. The smallest absolute Gasteiger partial charge is 0.0270 e. The SMILES string of the molecule is CCCCCCC(C(C)(C)C1CC=C(C)CC1)C(C)(C)C(C)(C)CC. The van der Waals surface area contributed by atoms with Crippen molar-refractivity contribution in [2.45, 2.75) is 120 Å². The van der Waals surface area contributed by atoms with Crippen LogP contribution in [0.15, 0.2) is 11.6 Å². The van der Waals surface area contributed by atoms with E-state index in [-0.39, 0.29) is 0 Å². The van der Waals surface area contributed by atoms with Crippen LogP contribution in [-0.2, 0) is 0 Å². The molecule has 0 nitrogen and oxygen atoms in total. The van der Waals surface area contributed by atoms with Crippen LogP contribution < -0.4 is 0 Å². The first-order valence-electron chi connectivity index (χ1n) is 11.2. The fourth-order valence-electron chi connectivity index (χ4n) is 5.29. The molecule has 0 heterocycles. The Morgan fingerprint density at radius 2 is 1.64 bits per heavy atom. The Morgan fingerprint density at radius 1 is 1.00 bits per heavy atom. The van der Waals surface area contributed by atoms with E-state index in [0.717, 1.165) is 11.8 Å². The molecule has 2 atom stereocenters. The van der Waals surface area contributed by atoms with Crippen LogP contribution in [0.5, 0.6) is 0 Å². The molecule has 0 fully saturated rings. The van der Waals surface area contributed by atoms with E-state index < -0.39 is 0 Å². The van der Waals surface area contributed by atoms with Crippen LogP contribution in [0.2, 0.25) is 0 Å². The van der Waals surface area contributed by atoms with Crippen molar-refractivity contribution in [2.24, 2.45) is 28.1 Å². The van der Waals surface area contributed by atoms with Gasteiger partial charge in [-0.1, -0.05) is 99.1 Å². The van der Waals surface area contributed by atoms with Crippen LogP contribution >= 0.6 is 0 Å². The highest BCUT2D eigenvalue weighted by molar-refractivity contribution is 5.07. The number of rotatable bonds is 10. The zero-order valence-electron chi connectivity index (χ0n) is 19.1. The molecular formula is C25H48. The standard InChI is InChI=1S/C25H48/c1-10-12-13-14-15-22(25(8,9)23(4,5)11-2)24(6,7)21-18-16-20(3)17-19-21/h16,21-22H,10-15,17-19H2,1-9H3. The van der Waals surface area contributed by atoms with Crippen LogP contribution in [0, 0.1) is 28.1 Å². The molecule has 25 heavy (non-hydrogen) atoms. The van der Waals surface area contributed by atoms with E-state index in [0.29, 0.717) is 16.2 Å². The number of unbranched alkanes of at least 4 members (excludes halogenated alkanes) is 3. The fourth-order valence-corrected chi connectivity index (χ4v) is 5.29. The highest BCUT2D eigenvalue weighted by Gasteiger charge is 2.49. The topological polar surface area (TPSA) is 0 Å². The largest absolute Gasteiger partial charge is 0.0853 e. The summed E-state index contributed by atoms with van der Waals surface area (Å²) in [5, 5.41) is 0. The maximum atomic E-state index is 2.60. The maximum Gasteiger partial charge on any atom is -0.0270 e. The summed E-state index contributed by atoms with van der Waals surface area (Å²) >= 11 is 0. The average molecular weight is 349 g/mol. The van der Waals surface area contributed by atoms with Gasteiger partial charge in [0.25, 0.3) is 0 Å². The lowest BCUT2D eigenvalue weighted by molar-refractivity contribution is -0.0605. The van der Waals surface area contributed by atoms with E-state index in [1.165, 1.54) is 57.8 Å². The molecule has 1 aliphatic carbocycles. The molecule has 0 aromatic rings. The zero-order valence-corrected chi connectivity index (χ0v) is 19.1. The molecule has 1 rings (SSSR count). The minimum atomic E-state index is 0.369. The van der Waals surface area contributed by atoms with Crippen molar-refractivity contribution in [3.63, 3.8) is 0 Å². The first-order chi connectivity index (χ1) is 11.5. The molecular weight excluding hydrogens is 300 g/mol. The van der Waals surface area contributed by atoms with Gasteiger partial charge in [-0.2, -0.15) is 0 Å². The molecule has 0 aromatic heterocycles. The summed E-state index contributed by atoms with van der Waals surface area (Å²) in [6.45, 7) is 22.4. The van der Waals surface area contributed by atoms with Gasteiger partial charge in [0, 0.05) is 0 Å². The van der Waals surface area contributed by atoms with Crippen LogP contribution in [0.3, 0.4) is 0 Å². The normalized spacial score (nSPS) is 21.2. The van der Waals surface area contributed by atoms with Crippen LogP contribution in [-0.4, -0.2) is 0 Å². The summed E-state index contributed by atoms with van der Waals surface area (Å²) in [6, 6.07) is 0. The van der Waals surface area contributed by atoms with Crippen LogP contribution in [0.25, 0.3) is 0 Å². The second kappa shape index (κ2) is 9.09. The molecule has 0 saturated carbocycles. The van der Waals surface area contributed by atoms with Crippen molar-refractivity contribution in [1.29, 1.82) is 0 Å². The fraction of sp³-hybridized carbons (Fsp3) is 0.920. The van der Waals surface area contributed by atoms with E-state index in [2.05, 4.69) is 68.4 Å². The van der Waals surface area contributed by atoms with Gasteiger partial charge in [0.05, 0.1) is 0 Å². The summed E-state index contributed by atoms with van der Waals surface area (Å²) in [5.41, 5.74) is 2.78. The number of hydrogen-bond acceptors (Lipinski definition) is 0. The summed E-state index contributed by atoms with van der Waals surface area (Å²) in [4.78, 5) is 0. The predicted octanol–water partition coefficient (Wildman–Crippen LogP) is 8.81. The number of hydrogen-bond donors (Lipinski definition) is 0. The maximum absolute atomic E-state index is 2.60. The second-order valence-corrected chi connectivity index (χ2v) is 10.7. The Kier molecular flexibility index (Phi) is 8.29. The minimum Gasteiger partial charge on any atom is -0.0853 e. The quantitative estimate of drug-likeness (QED) is 0.273. The highest BCUT2D eigenvalue weighted by Crippen LogP contribution is 2.57. The van der Waals surface area contributed by atoms with Crippen LogP contribution in [0.4, 0.5) is 0 Å². The van der Waals surface area contributed by atoms with Crippen LogP contribution in [0.1, 0.15) is 120 Å². The predicted molar refractivity (Wildman–Crippen MR) is 115 cm³/mol. The number of allylic oxidation sites excluding steroid dienone is 2.